The molecule has 4 aromatic rings. The van der Waals surface area contributed by atoms with E-state index in [0.717, 1.165) is 22.7 Å². The van der Waals surface area contributed by atoms with Crippen LogP contribution in [0.25, 0.3) is 0 Å². The van der Waals surface area contributed by atoms with Gasteiger partial charge in [0.05, 0.1) is 17.2 Å². The topological polar surface area (TPSA) is 96.0 Å². The highest BCUT2D eigenvalue weighted by Crippen LogP contribution is 2.29. The molecule has 1 unspecified atom stereocenters. The standard InChI is InChI=1S/C36H39Cl2N3O5S/c1-3-5-23-39-36(43)34(24-27-13-8-6-9-14-27)40(25-31-32(37)17-12-18-33(31)38)35(42)26-41(28-15-10-7-11-16-28)47(44,45)30-21-19-29(20-22-30)46-4-2/h6-22,34H,3-5,23-26H2,1-2H3,(H,39,43). The monoisotopic (exact) mass is 695 g/mol. The van der Waals surface area contributed by atoms with Crippen molar-refractivity contribution < 1.29 is 22.7 Å². The Morgan fingerprint density at radius 3 is 2.04 bits per heavy atom. The molecule has 0 spiro atoms. The van der Waals surface area contributed by atoms with Gasteiger partial charge in [-0.3, -0.25) is 13.9 Å². The molecule has 4 rings (SSSR count). The molecule has 1 atom stereocenters. The molecular weight excluding hydrogens is 657 g/mol. The van der Waals surface area contributed by atoms with E-state index >= 15 is 0 Å². The van der Waals surface area contributed by atoms with Crippen LogP contribution in [-0.2, 0) is 32.6 Å². The van der Waals surface area contributed by atoms with Crippen molar-refractivity contribution in [3.63, 3.8) is 0 Å². The summed E-state index contributed by atoms with van der Waals surface area (Å²) in [7, 11) is -4.25. The number of anilines is 1. The number of amides is 2. The SMILES string of the molecule is CCCCNC(=O)C(Cc1ccccc1)N(Cc1c(Cl)cccc1Cl)C(=O)CN(c1ccccc1)S(=O)(=O)c1ccc(OCC)cc1. The van der Waals surface area contributed by atoms with E-state index in [-0.39, 0.29) is 29.5 Å². The molecule has 0 bridgehead atoms. The van der Waals surface area contributed by atoms with Crippen molar-refractivity contribution in [3.8, 4) is 5.75 Å². The molecule has 0 radical (unpaired) electrons. The summed E-state index contributed by atoms with van der Waals surface area (Å²) < 4.78 is 34.9. The number of unbranched alkanes of at least 4 members (excludes halogenated alkanes) is 1. The van der Waals surface area contributed by atoms with Crippen LogP contribution in [0, 0.1) is 0 Å². The van der Waals surface area contributed by atoms with Gasteiger partial charge in [-0.2, -0.15) is 0 Å². The van der Waals surface area contributed by atoms with E-state index in [1.54, 1.807) is 60.7 Å². The van der Waals surface area contributed by atoms with E-state index in [9.17, 15) is 18.0 Å². The molecule has 0 heterocycles. The van der Waals surface area contributed by atoms with Crippen LogP contribution in [0.1, 0.15) is 37.8 Å². The molecule has 11 heteroatoms. The number of carbonyl (C=O) groups excluding carboxylic acids is 2. The lowest BCUT2D eigenvalue weighted by Crippen LogP contribution is -2.53. The van der Waals surface area contributed by atoms with E-state index in [2.05, 4.69) is 5.32 Å². The van der Waals surface area contributed by atoms with Gasteiger partial charge in [-0.15, -0.1) is 0 Å². The lowest BCUT2D eigenvalue weighted by atomic mass is 10.0. The summed E-state index contributed by atoms with van der Waals surface area (Å²) in [5, 5.41) is 3.61. The summed E-state index contributed by atoms with van der Waals surface area (Å²) >= 11 is 13.2. The fourth-order valence-electron chi connectivity index (χ4n) is 5.04. The second kappa shape index (κ2) is 17.2. The predicted octanol–water partition coefficient (Wildman–Crippen LogP) is 7.14. The molecule has 47 heavy (non-hydrogen) atoms. The second-order valence-corrected chi connectivity index (χ2v) is 13.5. The molecule has 0 saturated heterocycles. The Balaban J connectivity index is 1.79. The van der Waals surface area contributed by atoms with Crippen molar-refractivity contribution in [3.05, 3.63) is 124 Å². The smallest absolute Gasteiger partial charge is 0.264 e. The van der Waals surface area contributed by atoms with E-state index < -0.39 is 28.5 Å². The number of benzene rings is 4. The minimum atomic E-state index is -4.25. The van der Waals surface area contributed by atoms with Crippen molar-refractivity contribution in [2.45, 2.75) is 50.6 Å². The van der Waals surface area contributed by atoms with Gasteiger partial charge in [-0.25, -0.2) is 8.42 Å². The van der Waals surface area contributed by atoms with Crippen LogP contribution in [0.3, 0.4) is 0 Å². The summed E-state index contributed by atoms with van der Waals surface area (Å²) in [5.74, 6) is -0.445. The number of ether oxygens (including phenoxy) is 1. The summed E-state index contributed by atoms with van der Waals surface area (Å²) in [5.41, 5.74) is 1.56. The normalized spacial score (nSPS) is 11.8. The number of sulfonamides is 1. The van der Waals surface area contributed by atoms with Crippen molar-refractivity contribution in [2.75, 3.05) is 24.0 Å². The lowest BCUT2D eigenvalue weighted by Gasteiger charge is -2.34. The number of rotatable bonds is 16. The maximum Gasteiger partial charge on any atom is 0.264 e. The molecule has 8 nitrogen and oxygen atoms in total. The first-order valence-corrected chi connectivity index (χ1v) is 17.7. The average molecular weight is 697 g/mol. The van der Waals surface area contributed by atoms with Gasteiger partial charge < -0.3 is 15.0 Å². The van der Waals surface area contributed by atoms with Crippen LogP contribution in [0.15, 0.2) is 108 Å². The van der Waals surface area contributed by atoms with Crippen LogP contribution < -0.4 is 14.4 Å². The zero-order valence-electron chi connectivity index (χ0n) is 26.4. The van der Waals surface area contributed by atoms with Crippen molar-refractivity contribution in [1.82, 2.24) is 10.2 Å². The maximum atomic E-state index is 14.6. The maximum absolute atomic E-state index is 14.6. The summed E-state index contributed by atoms with van der Waals surface area (Å²) in [6.07, 6.45) is 1.82. The highest BCUT2D eigenvalue weighted by Gasteiger charge is 2.35. The molecule has 1 N–H and O–H groups in total. The first kappa shape index (κ1) is 35.8. The summed E-state index contributed by atoms with van der Waals surface area (Å²) in [6, 6.07) is 27.8. The minimum absolute atomic E-state index is 0.0172. The average Bonchev–Trinajstić information content (AvgIpc) is 3.07. The van der Waals surface area contributed by atoms with E-state index in [1.807, 2.05) is 44.2 Å². The van der Waals surface area contributed by atoms with Gasteiger partial charge in [0.25, 0.3) is 10.0 Å². The molecule has 4 aromatic carbocycles. The van der Waals surface area contributed by atoms with Gasteiger partial charge in [0, 0.05) is 35.1 Å². The zero-order chi connectivity index (χ0) is 33.8. The quantitative estimate of drug-likeness (QED) is 0.126. The van der Waals surface area contributed by atoms with Crippen molar-refractivity contribution in [2.24, 2.45) is 0 Å². The third kappa shape index (κ3) is 9.50. The minimum Gasteiger partial charge on any atom is -0.494 e. The van der Waals surface area contributed by atoms with Gasteiger partial charge in [0.2, 0.25) is 11.8 Å². The first-order valence-electron chi connectivity index (χ1n) is 15.5. The number of nitrogens with zero attached hydrogens (tertiary/aromatic N) is 2. The van der Waals surface area contributed by atoms with Crippen LogP contribution in [-0.4, -0.2) is 50.9 Å². The number of hydrogen-bond acceptors (Lipinski definition) is 5. The highest BCUT2D eigenvalue weighted by molar-refractivity contribution is 7.92. The Bertz CT molecular complexity index is 1700. The number of nitrogens with one attached hydrogen (secondary N) is 1. The van der Waals surface area contributed by atoms with E-state index in [4.69, 9.17) is 27.9 Å². The molecule has 0 aliphatic carbocycles. The Kier molecular flexibility index (Phi) is 13.1. The van der Waals surface area contributed by atoms with Crippen molar-refractivity contribution >= 4 is 50.7 Å². The van der Waals surface area contributed by atoms with Crippen LogP contribution in [0.5, 0.6) is 5.75 Å². The Morgan fingerprint density at radius 1 is 0.830 bits per heavy atom. The van der Waals surface area contributed by atoms with Gasteiger partial charge in [0.15, 0.2) is 0 Å². The number of hydrogen-bond donors (Lipinski definition) is 1. The molecule has 0 aliphatic heterocycles. The fourth-order valence-corrected chi connectivity index (χ4v) is 6.97. The van der Waals surface area contributed by atoms with Gasteiger partial charge in [-0.05, 0) is 67.4 Å². The van der Waals surface area contributed by atoms with E-state index in [1.165, 1.54) is 17.0 Å². The Morgan fingerprint density at radius 2 is 1.45 bits per heavy atom. The number of carbonyl (C=O) groups is 2. The second-order valence-electron chi connectivity index (χ2n) is 10.8. The van der Waals surface area contributed by atoms with Crippen LogP contribution in [0.2, 0.25) is 10.0 Å². The number of halogens is 2. The van der Waals surface area contributed by atoms with Gasteiger partial charge in [-0.1, -0.05) is 91.1 Å². The summed E-state index contributed by atoms with van der Waals surface area (Å²) in [4.78, 5) is 29.8. The predicted molar refractivity (Wildman–Crippen MR) is 187 cm³/mol. The van der Waals surface area contributed by atoms with E-state index in [0.29, 0.717) is 34.5 Å². The zero-order valence-corrected chi connectivity index (χ0v) is 28.8. The van der Waals surface area contributed by atoms with Gasteiger partial charge in [0.1, 0.15) is 18.3 Å². The molecule has 0 aliphatic rings. The van der Waals surface area contributed by atoms with Crippen LogP contribution >= 0.6 is 23.2 Å². The summed E-state index contributed by atoms with van der Waals surface area (Å²) in [6.45, 7) is 4.00. The fraction of sp³-hybridized carbons (Fsp3) is 0.278. The Labute approximate surface area is 287 Å². The molecule has 2 amide bonds. The highest BCUT2D eigenvalue weighted by atomic mass is 35.5. The molecular formula is C36H39Cl2N3O5S. The van der Waals surface area contributed by atoms with Crippen LogP contribution in [0.4, 0.5) is 5.69 Å². The third-order valence-corrected chi connectivity index (χ3v) is 10.0. The molecule has 0 saturated carbocycles. The molecule has 248 valence electrons. The number of para-hydroxylation sites is 1. The molecule has 0 aromatic heterocycles. The van der Waals surface area contributed by atoms with Crippen molar-refractivity contribution in [1.29, 1.82) is 0 Å². The van der Waals surface area contributed by atoms with Gasteiger partial charge >= 0.3 is 0 Å². The Hall–Kier alpha value is -4.05. The largest absolute Gasteiger partial charge is 0.494 e. The third-order valence-electron chi connectivity index (χ3n) is 7.54. The lowest BCUT2D eigenvalue weighted by molar-refractivity contribution is -0.140. The molecule has 0 fully saturated rings. The first-order chi connectivity index (χ1) is 22.6.